The van der Waals surface area contributed by atoms with Crippen molar-refractivity contribution in [3.63, 3.8) is 0 Å². The highest BCUT2D eigenvalue weighted by molar-refractivity contribution is 5.91. The summed E-state index contributed by atoms with van der Waals surface area (Å²) in [5.74, 6) is 1.28. The number of nitrogens with zero attached hydrogens (tertiary/aromatic N) is 2. The van der Waals surface area contributed by atoms with Crippen LogP contribution in [-0.2, 0) is 6.42 Å². The zero-order valence-electron chi connectivity index (χ0n) is 13.5. The van der Waals surface area contributed by atoms with Gasteiger partial charge in [0.15, 0.2) is 0 Å². The van der Waals surface area contributed by atoms with Gasteiger partial charge in [-0.15, -0.1) is 0 Å². The molecule has 2 aromatic rings. The van der Waals surface area contributed by atoms with E-state index in [0.29, 0.717) is 18.1 Å². The Hall–Kier alpha value is -2.63. The molecule has 23 heavy (non-hydrogen) atoms. The van der Waals surface area contributed by atoms with Crippen molar-refractivity contribution in [3.05, 3.63) is 47.9 Å². The summed E-state index contributed by atoms with van der Waals surface area (Å²) >= 11 is 0. The second-order valence-corrected chi connectivity index (χ2v) is 5.07. The number of benzene rings is 1. The highest BCUT2D eigenvalue weighted by atomic mass is 16.5. The molecule has 1 aromatic heterocycles. The van der Waals surface area contributed by atoms with Gasteiger partial charge in [0.1, 0.15) is 17.3 Å². The van der Waals surface area contributed by atoms with Crippen LogP contribution in [0, 0.1) is 0 Å². The van der Waals surface area contributed by atoms with E-state index in [1.807, 2.05) is 24.3 Å². The van der Waals surface area contributed by atoms with Crippen LogP contribution < -0.4 is 15.4 Å². The number of methoxy groups -OCH3 is 1. The zero-order valence-corrected chi connectivity index (χ0v) is 13.5. The van der Waals surface area contributed by atoms with Gasteiger partial charge in [-0.3, -0.25) is 4.79 Å². The topological polar surface area (TPSA) is 76.1 Å². The van der Waals surface area contributed by atoms with Gasteiger partial charge in [-0.05, 0) is 30.5 Å². The number of hydrogen-bond acceptors (Lipinski definition) is 5. The number of amides is 1. The van der Waals surface area contributed by atoms with Crippen molar-refractivity contribution in [2.24, 2.45) is 0 Å². The van der Waals surface area contributed by atoms with Crippen LogP contribution in [0.3, 0.4) is 0 Å². The molecule has 2 rings (SSSR count). The molecule has 0 saturated carbocycles. The maximum atomic E-state index is 12.0. The molecular formula is C17H22N4O2. The van der Waals surface area contributed by atoms with Gasteiger partial charge < -0.3 is 15.4 Å². The predicted octanol–water partition coefficient (Wildman–Crippen LogP) is 2.28. The molecule has 0 radical (unpaired) electrons. The molecule has 2 N–H and O–H groups in total. The summed E-state index contributed by atoms with van der Waals surface area (Å²) in [5, 5.41) is 5.96. The van der Waals surface area contributed by atoms with Gasteiger partial charge in [0, 0.05) is 13.1 Å². The van der Waals surface area contributed by atoms with Crippen molar-refractivity contribution in [2.45, 2.75) is 19.8 Å². The quantitative estimate of drug-likeness (QED) is 0.782. The third kappa shape index (κ3) is 5.25. The van der Waals surface area contributed by atoms with Crippen LogP contribution in [0.2, 0.25) is 0 Å². The van der Waals surface area contributed by atoms with Crippen molar-refractivity contribution in [1.82, 2.24) is 15.3 Å². The van der Waals surface area contributed by atoms with Gasteiger partial charge in [-0.2, -0.15) is 0 Å². The minimum atomic E-state index is -0.220. The largest absolute Gasteiger partial charge is 0.497 e. The SMILES string of the molecule is CCCNc1cnc(C(=O)NCCc2cccc(OC)c2)cn1. The maximum absolute atomic E-state index is 12.0. The molecule has 6 nitrogen and oxygen atoms in total. The fourth-order valence-corrected chi connectivity index (χ4v) is 2.03. The van der Waals surface area contributed by atoms with E-state index in [1.54, 1.807) is 13.3 Å². The number of ether oxygens (including phenoxy) is 1. The molecule has 0 saturated heterocycles. The third-order valence-electron chi connectivity index (χ3n) is 3.27. The summed E-state index contributed by atoms with van der Waals surface area (Å²) in [6.45, 7) is 3.44. The summed E-state index contributed by atoms with van der Waals surface area (Å²) in [6, 6.07) is 7.79. The second kappa shape index (κ2) is 8.73. The molecule has 1 aromatic carbocycles. The molecule has 6 heteroatoms. The van der Waals surface area contributed by atoms with Gasteiger partial charge in [0.2, 0.25) is 0 Å². The van der Waals surface area contributed by atoms with E-state index in [0.717, 1.165) is 30.7 Å². The molecule has 122 valence electrons. The normalized spacial score (nSPS) is 10.2. The van der Waals surface area contributed by atoms with Crippen LogP contribution in [0.25, 0.3) is 0 Å². The van der Waals surface area contributed by atoms with Gasteiger partial charge in [0.25, 0.3) is 5.91 Å². The van der Waals surface area contributed by atoms with Crippen LogP contribution in [0.15, 0.2) is 36.7 Å². The summed E-state index contributed by atoms with van der Waals surface area (Å²) in [5.41, 5.74) is 1.42. The van der Waals surface area contributed by atoms with Crippen molar-refractivity contribution in [2.75, 3.05) is 25.5 Å². The molecule has 1 heterocycles. The Morgan fingerprint density at radius 3 is 2.78 bits per heavy atom. The minimum absolute atomic E-state index is 0.220. The molecule has 0 bridgehead atoms. The first kappa shape index (κ1) is 16.7. The number of carbonyl (C=O) groups is 1. The van der Waals surface area contributed by atoms with E-state index in [4.69, 9.17) is 4.74 Å². The Morgan fingerprint density at radius 1 is 1.22 bits per heavy atom. The van der Waals surface area contributed by atoms with E-state index in [1.165, 1.54) is 6.20 Å². The Morgan fingerprint density at radius 2 is 2.09 bits per heavy atom. The molecule has 0 aliphatic carbocycles. The van der Waals surface area contributed by atoms with Crippen molar-refractivity contribution in [1.29, 1.82) is 0 Å². The highest BCUT2D eigenvalue weighted by Crippen LogP contribution is 2.12. The van der Waals surface area contributed by atoms with Crippen molar-refractivity contribution < 1.29 is 9.53 Å². The number of anilines is 1. The minimum Gasteiger partial charge on any atom is -0.497 e. The smallest absolute Gasteiger partial charge is 0.271 e. The first-order valence-electron chi connectivity index (χ1n) is 7.70. The molecule has 0 aliphatic heterocycles. The molecule has 0 spiro atoms. The first-order chi connectivity index (χ1) is 11.2. The van der Waals surface area contributed by atoms with E-state index in [-0.39, 0.29) is 5.91 Å². The average molecular weight is 314 g/mol. The summed E-state index contributed by atoms with van der Waals surface area (Å²) in [6.07, 6.45) is 4.80. The lowest BCUT2D eigenvalue weighted by molar-refractivity contribution is 0.0949. The number of carbonyl (C=O) groups excluding carboxylic acids is 1. The fraction of sp³-hybridized carbons (Fsp3) is 0.353. The molecule has 0 aliphatic rings. The number of nitrogens with one attached hydrogen (secondary N) is 2. The van der Waals surface area contributed by atoms with Gasteiger partial charge in [0.05, 0.1) is 19.5 Å². The number of aromatic nitrogens is 2. The van der Waals surface area contributed by atoms with Crippen LogP contribution >= 0.6 is 0 Å². The highest BCUT2D eigenvalue weighted by Gasteiger charge is 2.07. The number of rotatable bonds is 8. The molecule has 1 amide bonds. The Bertz CT molecular complexity index is 629. The molecule has 0 atom stereocenters. The van der Waals surface area contributed by atoms with Gasteiger partial charge >= 0.3 is 0 Å². The lowest BCUT2D eigenvalue weighted by Crippen LogP contribution is -2.26. The van der Waals surface area contributed by atoms with Crippen LogP contribution in [0.1, 0.15) is 29.4 Å². The Labute approximate surface area is 136 Å². The lowest BCUT2D eigenvalue weighted by atomic mass is 10.1. The predicted molar refractivity (Wildman–Crippen MR) is 89.8 cm³/mol. The van der Waals surface area contributed by atoms with Gasteiger partial charge in [-0.1, -0.05) is 19.1 Å². The average Bonchev–Trinajstić information content (AvgIpc) is 2.60. The van der Waals surface area contributed by atoms with Crippen LogP contribution in [0.5, 0.6) is 5.75 Å². The van der Waals surface area contributed by atoms with E-state index in [2.05, 4.69) is 27.5 Å². The van der Waals surface area contributed by atoms with Gasteiger partial charge in [-0.25, -0.2) is 9.97 Å². The summed E-state index contributed by atoms with van der Waals surface area (Å²) in [7, 11) is 1.64. The third-order valence-corrected chi connectivity index (χ3v) is 3.27. The van der Waals surface area contributed by atoms with E-state index in [9.17, 15) is 4.79 Å². The van der Waals surface area contributed by atoms with Crippen LogP contribution in [0.4, 0.5) is 5.82 Å². The standard InChI is InChI=1S/C17H22N4O2/c1-3-8-18-16-12-20-15(11-21-16)17(22)19-9-7-13-5-4-6-14(10-13)23-2/h4-6,10-12H,3,7-9H2,1-2H3,(H,18,21)(H,19,22). The lowest BCUT2D eigenvalue weighted by Gasteiger charge is -2.07. The Kier molecular flexibility index (Phi) is 6.35. The van der Waals surface area contributed by atoms with Crippen molar-refractivity contribution in [3.8, 4) is 5.75 Å². The van der Waals surface area contributed by atoms with Crippen LogP contribution in [-0.4, -0.2) is 36.1 Å². The maximum Gasteiger partial charge on any atom is 0.271 e. The zero-order chi connectivity index (χ0) is 16.5. The molecule has 0 fully saturated rings. The summed E-state index contributed by atoms with van der Waals surface area (Å²) in [4.78, 5) is 20.3. The fourth-order valence-electron chi connectivity index (χ4n) is 2.03. The Balaban J connectivity index is 1.82. The summed E-state index contributed by atoms with van der Waals surface area (Å²) < 4.78 is 5.18. The van der Waals surface area contributed by atoms with Crippen molar-refractivity contribution >= 4 is 11.7 Å². The molecular weight excluding hydrogens is 292 g/mol. The second-order valence-electron chi connectivity index (χ2n) is 5.07. The first-order valence-corrected chi connectivity index (χ1v) is 7.70. The van der Waals surface area contributed by atoms with E-state index < -0.39 is 0 Å². The molecule has 0 unspecified atom stereocenters. The number of hydrogen-bond donors (Lipinski definition) is 2. The van der Waals surface area contributed by atoms with E-state index >= 15 is 0 Å². The monoisotopic (exact) mass is 314 g/mol.